The molecule has 1 aromatic carbocycles. The Morgan fingerprint density at radius 1 is 1.47 bits per heavy atom. The smallest absolute Gasteiger partial charge is 0.237 e. The molecule has 1 aromatic rings. The van der Waals surface area contributed by atoms with Crippen LogP contribution < -0.4 is 10.6 Å². The number of nitrogens with one attached hydrogen (secondary N) is 2. The lowest BCUT2D eigenvalue weighted by molar-refractivity contribution is -0.124. The third-order valence-electron chi connectivity index (χ3n) is 3.43. The molecule has 1 aliphatic rings. The summed E-state index contributed by atoms with van der Waals surface area (Å²) in [4.78, 5) is 11.8. The van der Waals surface area contributed by atoms with Gasteiger partial charge in [-0.15, -0.1) is 0 Å². The standard InChI is InChI=1S/C14H18Cl2N2O/c1-2-12(10-6-5-9(15)8-11(10)16)18-13-4-3-7-17-14(13)19/h5-6,8,12-13,18H,2-4,7H2,1H3,(H,17,19). The van der Waals surface area contributed by atoms with E-state index in [1.165, 1.54) is 0 Å². The summed E-state index contributed by atoms with van der Waals surface area (Å²) in [5.41, 5.74) is 0.993. The van der Waals surface area contributed by atoms with E-state index >= 15 is 0 Å². The number of carbonyl (C=O) groups is 1. The monoisotopic (exact) mass is 300 g/mol. The van der Waals surface area contributed by atoms with Crippen molar-refractivity contribution in [2.24, 2.45) is 0 Å². The minimum absolute atomic E-state index is 0.0682. The predicted octanol–water partition coefficient (Wildman–Crippen LogP) is 3.31. The molecule has 1 saturated heterocycles. The number of hydrogen-bond acceptors (Lipinski definition) is 2. The summed E-state index contributed by atoms with van der Waals surface area (Å²) < 4.78 is 0. The third-order valence-corrected chi connectivity index (χ3v) is 4.00. The molecular formula is C14H18Cl2N2O. The Balaban J connectivity index is 2.13. The highest BCUT2D eigenvalue weighted by molar-refractivity contribution is 6.35. The van der Waals surface area contributed by atoms with Gasteiger partial charge in [0.25, 0.3) is 0 Å². The van der Waals surface area contributed by atoms with Crippen LogP contribution in [0.4, 0.5) is 0 Å². The Bertz CT molecular complexity index is 465. The van der Waals surface area contributed by atoms with Crippen molar-refractivity contribution in [3.8, 4) is 0 Å². The van der Waals surface area contributed by atoms with Gasteiger partial charge >= 0.3 is 0 Å². The molecule has 0 bridgehead atoms. The molecule has 1 fully saturated rings. The SMILES string of the molecule is CCC(NC1CCCNC1=O)c1ccc(Cl)cc1Cl. The van der Waals surface area contributed by atoms with Crippen molar-refractivity contribution >= 4 is 29.1 Å². The van der Waals surface area contributed by atoms with Gasteiger partial charge in [0.05, 0.1) is 6.04 Å². The quantitative estimate of drug-likeness (QED) is 0.896. The minimum atomic E-state index is -0.134. The molecule has 1 heterocycles. The summed E-state index contributed by atoms with van der Waals surface area (Å²) in [5.74, 6) is 0.0785. The van der Waals surface area contributed by atoms with Gasteiger partial charge in [0.15, 0.2) is 0 Å². The van der Waals surface area contributed by atoms with Gasteiger partial charge in [-0.2, -0.15) is 0 Å². The lowest BCUT2D eigenvalue weighted by atomic mass is 10.00. The lowest BCUT2D eigenvalue weighted by Gasteiger charge is -2.28. The number of hydrogen-bond donors (Lipinski definition) is 2. The van der Waals surface area contributed by atoms with Gasteiger partial charge in [0.1, 0.15) is 0 Å². The van der Waals surface area contributed by atoms with Crippen LogP contribution in [-0.2, 0) is 4.79 Å². The number of halogens is 2. The van der Waals surface area contributed by atoms with Crippen molar-refractivity contribution in [2.45, 2.75) is 38.3 Å². The molecule has 1 aliphatic heterocycles. The van der Waals surface area contributed by atoms with Crippen molar-refractivity contribution in [1.82, 2.24) is 10.6 Å². The zero-order valence-corrected chi connectivity index (χ0v) is 12.4. The molecule has 0 saturated carbocycles. The first-order chi connectivity index (χ1) is 9.11. The second-order valence-electron chi connectivity index (χ2n) is 4.78. The number of amides is 1. The fourth-order valence-electron chi connectivity index (χ4n) is 2.39. The van der Waals surface area contributed by atoms with E-state index in [4.69, 9.17) is 23.2 Å². The predicted molar refractivity (Wildman–Crippen MR) is 78.7 cm³/mol. The van der Waals surface area contributed by atoms with Crippen LogP contribution in [0.15, 0.2) is 18.2 Å². The Hall–Kier alpha value is -0.770. The van der Waals surface area contributed by atoms with E-state index in [-0.39, 0.29) is 18.0 Å². The first-order valence-corrected chi connectivity index (χ1v) is 7.36. The van der Waals surface area contributed by atoms with Gasteiger partial charge in [-0.25, -0.2) is 0 Å². The second-order valence-corrected chi connectivity index (χ2v) is 5.62. The van der Waals surface area contributed by atoms with E-state index in [9.17, 15) is 4.79 Å². The van der Waals surface area contributed by atoms with E-state index in [1.54, 1.807) is 6.07 Å². The molecule has 2 unspecified atom stereocenters. The summed E-state index contributed by atoms with van der Waals surface area (Å²) in [7, 11) is 0. The Labute approximate surface area is 123 Å². The summed E-state index contributed by atoms with van der Waals surface area (Å²) in [6.45, 7) is 2.85. The third kappa shape index (κ3) is 3.62. The summed E-state index contributed by atoms with van der Waals surface area (Å²) in [6, 6.07) is 5.42. The van der Waals surface area contributed by atoms with Crippen LogP contribution in [0.25, 0.3) is 0 Å². The van der Waals surface area contributed by atoms with Crippen LogP contribution in [0.2, 0.25) is 10.0 Å². The lowest BCUT2D eigenvalue weighted by Crippen LogP contribution is -2.49. The Morgan fingerprint density at radius 2 is 2.26 bits per heavy atom. The van der Waals surface area contributed by atoms with E-state index < -0.39 is 0 Å². The van der Waals surface area contributed by atoms with Crippen LogP contribution in [0, 0.1) is 0 Å². The second kappa shape index (κ2) is 6.60. The molecule has 2 N–H and O–H groups in total. The van der Waals surface area contributed by atoms with Crippen LogP contribution in [0.1, 0.15) is 37.8 Å². The number of benzene rings is 1. The Morgan fingerprint density at radius 3 is 2.89 bits per heavy atom. The zero-order valence-electron chi connectivity index (χ0n) is 10.9. The van der Waals surface area contributed by atoms with Gasteiger partial charge in [-0.3, -0.25) is 10.1 Å². The molecule has 2 atom stereocenters. The average molecular weight is 301 g/mol. The normalized spacial score (nSPS) is 21.0. The molecule has 2 rings (SSSR count). The maximum Gasteiger partial charge on any atom is 0.237 e. The van der Waals surface area contributed by atoms with Crippen molar-refractivity contribution < 1.29 is 4.79 Å². The van der Waals surface area contributed by atoms with Crippen molar-refractivity contribution in [2.75, 3.05) is 6.54 Å². The summed E-state index contributed by atoms with van der Waals surface area (Å²) in [5, 5.41) is 7.54. The van der Waals surface area contributed by atoms with Crippen molar-refractivity contribution in [3.05, 3.63) is 33.8 Å². The molecule has 5 heteroatoms. The fraction of sp³-hybridized carbons (Fsp3) is 0.500. The molecule has 0 radical (unpaired) electrons. The van der Waals surface area contributed by atoms with Crippen LogP contribution in [0.5, 0.6) is 0 Å². The number of rotatable bonds is 4. The maximum absolute atomic E-state index is 11.8. The molecule has 0 spiro atoms. The number of carbonyl (C=O) groups excluding carboxylic acids is 1. The highest BCUT2D eigenvalue weighted by atomic mass is 35.5. The van der Waals surface area contributed by atoms with Crippen molar-refractivity contribution in [1.29, 1.82) is 0 Å². The van der Waals surface area contributed by atoms with Crippen LogP contribution in [0.3, 0.4) is 0 Å². The molecule has 3 nitrogen and oxygen atoms in total. The number of piperidine rings is 1. The van der Waals surface area contributed by atoms with Gasteiger partial charge in [0.2, 0.25) is 5.91 Å². The van der Waals surface area contributed by atoms with E-state index in [0.29, 0.717) is 10.0 Å². The first-order valence-electron chi connectivity index (χ1n) is 6.60. The summed E-state index contributed by atoms with van der Waals surface area (Å²) >= 11 is 12.1. The summed E-state index contributed by atoms with van der Waals surface area (Å²) in [6.07, 6.45) is 2.74. The van der Waals surface area contributed by atoms with Gasteiger partial charge < -0.3 is 5.32 Å². The average Bonchev–Trinajstić information content (AvgIpc) is 2.39. The van der Waals surface area contributed by atoms with Gasteiger partial charge in [-0.05, 0) is 37.0 Å². The molecular weight excluding hydrogens is 283 g/mol. The molecule has 19 heavy (non-hydrogen) atoms. The van der Waals surface area contributed by atoms with Gasteiger partial charge in [-0.1, -0.05) is 36.2 Å². The van der Waals surface area contributed by atoms with Crippen molar-refractivity contribution in [3.63, 3.8) is 0 Å². The Kier molecular flexibility index (Phi) is 5.08. The van der Waals surface area contributed by atoms with Crippen LogP contribution >= 0.6 is 23.2 Å². The van der Waals surface area contributed by atoms with E-state index in [1.807, 2.05) is 12.1 Å². The van der Waals surface area contributed by atoms with Gasteiger partial charge in [0, 0.05) is 22.6 Å². The van der Waals surface area contributed by atoms with Crippen LogP contribution in [-0.4, -0.2) is 18.5 Å². The molecule has 1 amide bonds. The molecule has 104 valence electrons. The fourth-order valence-corrected chi connectivity index (χ4v) is 2.93. The first kappa shape index (κ1) is 14.6. The zero-order chi connectivity index (χ0) is 13.8. The largest absolute Gasteiger partial charge is 0.355 e. The molecule has 0 aliphatic carbocycles. The topological polar surface area (TPSA) is 41.1 Å². The highest BCUT2D eigenvalue weighted by Crippen LogP contribution is 2.28. The minimum Gasteiger partial charge on any atom is -0.355 e. The molecule has 0 aromatic heterocycles. The van der Waals surface area contributed by atoms with E-state index in [0.717, 1.165) is 31.4 Å². The maximum atomic E-state index is 11.8. The van der Waals surface area contributed by atoms with E-state index in [2.05, 4.69) is 17.6 Å². The highest BCUT2D eigenvalue weighted by Gasteiger charge is 2.25.